The zero-order valence-corrected chi connectivity index (χ0v) is 5.72. The van der Waals surface area contributed by atoms with Crippen molar-refractivity contribution >= 4 is 5.97 Å². The molecule has 0 aliphatic carbocycles. The van der Waals surface area contributed by atoms with E-state index in [1.165, 1.54) is 0 Å². The summed E-state index contributed by atoms with van der Waals surface area (Å²) in [6.07, 6.45) is 0.841. The van der Waals surface area contributed by atoms with Gasteiger partial charge in [-0.15, -0.1) is 0 Å². The quantitative estimate of drug-likeness (QED) is 0.648. The highest BCUT2D eigenvalue weighted by atomic mass is 16.4. The Kier molecular flexibility index (Phi) is 1.76. The van der Waals surface area contributed by atoms with Crippen LogP contribution in [-0.2, 0) is 6.42 Å². The van der Waals surface area contributed by atoms with Crippen LogP contribution in [0.25, 0.3) is 0 Å². The van der Waals surface area contributed by atoms with Gasteiger partial charge in [0, 0.05) is 5.69 Å². The molecule has 0 aromatic carbocycles. The van der Waals surface area contributed by atoms with Gasteiger partial charge < -0.3 is 10.1 Å². The Morgan fingerprint density at radius 3 is 2.70 bits per heavy atom. The average molecular weight is 139 g/mol. The number of aromatic carboxylic acids is 1. The molecule has 3 nitrogen and oxygen atoms in total. The molecule has 0 amide bonds. The highest BCUT2D eigenvalue weighted by Crippen LogP contribution is 2.01. The maximum Gasteiger partial charge on any atom is 0.352 e. The molecule has 0 bridgehead atoms. The lowest BCUT2D eigenvalue weighted by Gasteiger charge is -1.87. The summed E-state index contributed by atoms with van der Waals surface area (Å²) in [5, 5.41) is 8.46. The second kappa shape index (κ2) is 2.56. The van der Waals surface area contributed by atoms with Crippen molar-refractivity contribution < 1.29 is 9.90 Å². The van der Waals surface area contributed by atoms with Crippen molar-refractivity contribution in [1.29, 1.82) is 0 Å². The van der Waals surface area contributed by atoms with Crippen LogP contribution in [0.2, 0.25) is 0 Å². The number of nitrogens with one attached hydrogen (secondary N) is 1. The van der Waals surface area contributed by atoms with Crippen molar-refractivity contribution in [3.8, 4) is 0 Å². The zero-order chi connectivity index (χ0) is 7.56. The third-order valence-corrected chi connectivity index (χ3v) is 1.36. The highest BCUT2D eigenvalue weighted by Gasteiger charge is 2.02. The second-order valence-electron chi connectivity index (χ2n) is 2.06. The fourth-order valence-corrected chi connectivity index (χ4v) is 0.771. The number of hydrogen-bond acceptors (Lipinski definition) is 1. The Hall–Kier alpha value is -1.25. The minimum absolute atomic E-state index is 0.261. The summed E-state index contributed by atoms with van der Waals surface area (Å²) in [7, 11) is 0. The number of aromatic amines is 1. The van der Waals surface area contributed by atoms with Crippen LogP contribution in [0, 0.1) is 0 Å². The smallest absolute Gasteiger partial charge is 0.352 e. The van der Waals surface area contributed by atoms with Gasteiger partial charge in [-0.25, -0.2) is 4.79 Å². The first kappa shape index (κ1) is 6.86. The first-order valence-corrected chi connectivity index (χ1v) is 3.15. The highest BCUT2D eigenvalue weighted by molar-refractivity contribution is 5.85. The summed E-state index contributed by atoms with van der Waals surface area (Å²) < 4.78 is 0. The van der Waals surface area contributed by atoms with Crippen molar-refractivity contribution in [2.75, 3.05) is 0 Å². The number of aromatic nitrogens is 1. The standard InChI is InChI=1S/C7H9NO2/c1-2-5-3-4-6(8-5)7(9)10/h3-4,8H,2H2,1H3,(H,9,10). The molecule has 0 aliphatic rings. The van der Waals surface area contributed by atoms with Crippen molar-refractivity contribution in [2.45, 2.75) is 13.3 Å². The molecule has 1 rings (SSSR count). The molecule has 0 saturated heterocycles. The number of aryl methyl sites for hydroxylation is 1. The van der Waals surface area contributed by atoms with E-state index in [0.717, 1.165) is 12.1 Å². The van der Waals surface area contributed by atoms with Gasteiger partial charge in [0.1, 0.15) is 5.69 Å². The van der Waals surface area contributed by atoms with Crippen LogP contribution in [0.15, 0.2) is 12.1 Å². The third-order valence-electron chi connectivity index (χ3n) is 1.36. The number of carbonyl (C=O) groups is 1. The van der Waals surface area contributed by atoms with Gasteiger partial charge in [-0.3, -0.25) is 0 Å². The van der Waals surface area contributed by atoms with Gasteiger partial charge in [-0.05, 0) is 18.6 Å². The molecule has 3 heteroatoms. The van der Waals surface area contributed by atoms with Gasteiger partial charge in [-0.1, -0.05) is 6.92 Å². The van der Waals surface area contributed by atoms with Crippen LogP contribution in [0.4, 0.5) is 0 Å². The first-order valence-electron chi connectivity index (χ1n) is 3.15. The Balaban J connectivity index is 2.88. The summed E-state index contributed by atoms with van der Waals surface area (Å²) >= 11 is 0. The minimum atomic E-state index is -0.903. The van der Waals surface area contributed by atoms with Crippen molar-refractivity contribution in [1.82, 2.24) is 4.98 Å². The van der Waals surface area contributed by atoms with E-state index in [1.807, 2.05) is 6.92 Å². The Bertz CT molecular complexity index is 240. The van der Waals surface area contributed by atoms with E-state index < -0.39 is 5.97 Å². The van der Waals surface area contributed by atoms with E-state index in [4.69, 9.17) is 5.11 Å². The molecule has 0 saturated carbocycles. The maximum absolute atomic E-state index is 10.3. The fraction of sp³-hybridized carbons (Fsp3) is 0.286. The molecule has 2 N–H and O–H groups in total. The maximum atomic E-state index is 10.3. The molecule has 0 unspecified atom stereocenters. The zero-order valence-electron chi connectivity index (χ0n) is 5.72. The van der Waals surface area contributed by atoms with Crippen LogP contribution >= 0.6 is 0 Å². The molecule has 1 aromatic rings. The van der Waals surface area contributed by atoms with E-state index in [2.05, 4.69) is 4.98 Å². The summed E-state index contributed by atoms with van der Waals surface area (Å²) in [4.78, 5) is 13.1. The Morgan fingerprint density at radius 1 is 1.70 bits per heavy atom. The second-order valence-corrected chi connectivity index (χ2v) is 2.06. The summed E-state index contributed by atoms with van der Waals surface area (Å²) in [5.41, 5.74) is 1.22. The summed E-state index contributed by atoms with van der Waals surface area (Å²) in [6.45, 7) is 1.97. The van der Waals surface area contributed by atoms with Gasteiger partial charge >= 0.3 is 5.97 Å². The molecule has 54 valence electrons. The first-order chi connectivity index (χ1) is 4.74. The van der Waals surface area contributed by atoms with Crippen LogP contribution in [0.3, 0.4) is 0 Å². The van der Waals surface area contributed by atoms with Gasteiger partial charge in [-0.2, -0.15) is 0 Å². The predicted molar refractivity (Wildman–Crippen MR) is 37.1 cm³/mol. The Labute approximate surface area is 58.7 Å². The third kappa shape index (κ3) is 1.18. The number of rotatable bonds is 2. The largest absolute Gasteiger partial charge is 0.477 e. The molecule has 0 atom stereocenters. The summed E-state index contributed by atoms with van der Waals surface area (Å²) in [5.74, 6) is -0.903. The van der Waals surface area contributed by atoms with Crippen LogP contribution < -0.4 is 0 Å². The van der Waals surface area contributed by atoms with Crippen molar-refractivity contribution in [3.05, 3.63) is 23.5 Å². The lowest BCUT2D eigenvalue weighted by Crippen LogP contribution is -1.95. The predicted octanol–water partition coefficient (Wildman–Crippen LogP) is 1.28. The average Bonchev–Trinajstić information content (AvgIpc) is 2.34. The number of H-pyrrole nitrogens is 1. The number of carboxylic acid groups (broad SMARTS) is 1. The van der Waals surface area contributed by atoms with E-state index in [-0.39, 0.29) is 5.69 Å². The van der Waals surface area contributed by atoms with Gasteiger partial charge in [0.25, 0.3) is 0 Å². The topological polar surface area (TPSA) is 53.1 Å². The molecule has 0 spiro atoms. The molecule has 0 aliphatic heterocycles. The fourth-order valence-electron chi connectivity index (χ4n) is 0.771. The van der Waals surface area contributed by atoms with Gasteiger partial charge in [0.05, 0.1) is 0 Å². The lowest BCUT2D eigenvalue weighted by atomic mass is 10.3. The van der Waals surface area contributed by atoms with Crippen LogP contribution in [-0.4, -0.2) is 16.1 Å². The number of carboxylic acids is 1. The summed E-state index contributed by atoms with van der Waals surface area (Å²) in [6, 6.07) is 3.35. The number of hydrogen-bond donors (Lipinski definition) is 2. The van der Waals surface area contributed by atoms with E-state index in [0.29, 0.717) is 0 Å². The van der Waals surface area contributed by atoms with E-state index >= 15 is 0 Å². The van der Waals surface area contributed by atoms with E-state index in [9.17, 15) is 4.79 Å². The molecule has 1 aromatic heterocycles. The molecular weight excluding hydrogens is 130 g/mol. The Morgan fingerprint density at radius 2 is 2.40 bits per heavy atom. The lowest BCUT2D eigenvalue weighted by molar-refractivity contribution is 0.0691. The monoisotopic (exact) mass is 139 g/mol. The van der Waals surface area contributed by atoms with Crippen molar-refractivity contribution in [2.24, 2.45) is 0 Å². The van der Waals surface area contributed by atoms with E-state index in [1.54, 1.807) is 12.1 Å². The molecule has 10 heavy (non-hydrogen) atoms. The van der Waals surface area contributed by atoms with Crippen LogP contribution in [0.5, 0.6) is 0 Å². The molecule has 0 fully saturated rings. The van der Waals surface area contributed by atoms with Gasteiger partial charge in [0.2, 0.25) is 0 Å². The minimum Gasteiger partial charge on any atom is -0.477 e. The van der Waals surface area contributed by atoms with Crippen molar-refractivity contribution in [3.63, 3.8) is 0 Å². The molecule has 0 radical (unpaired) electrons. The molecular formula is C7H9NO2. The van der Waals surface area contributed by atoms with Gasteiger partial charge in [0.15, 0.2) is 0 Å². The van der Waals surface area contributed by atoms with Crippen LogP contribution in [0.1, 0.15) is 23.1 Å². The SMILES string of the molecule is CCc1ccc(C(=O)O)[nH]1. The normalized spacial score (nSPS) is 9.70. The molecule has 1 heterocycles.